The van der Waals surface area contributed by atoms with E-state index in [0.29, 0.717) is 11.6 Å². The van der Waals surface area contributed by atoms with Gasteiger partial charge in [-0.15, -0.1) is 11.3 Å². The molecule has 0 aliphatic heterocycles. The first-order valence-corrected chi connectivity index (χ1v) is 8.57. The van der Waals surface area contributed by atoms with Gasteiger partial charge in [0.15, 0.2) is 0 Å². The fraction of sp³-hybridized carbons (Fsp3) is 0.444. The largest absolute Gasteiger partial charge is 0.309 e. The van der Waals surface area contributed by atoms with Gasteiger partial charge in [0, 0.05) is 15.8 Å². The Balaban J connectivity index is 2.20. The number of nitrogens with one attached hydrogen (secondary N) is 1. The number of hydrogen-bond donors (Lipinski definition) is 1. The van der Waals surface area contributed by atoms with Gasteiger partial charge in [-0.3, -0.25) is 0 Å². The van der Waals surface area contributed by atoms with Gasteiger partial charge in [0.25, 0.3) is 0 Å². The molecule has 0 radical (unpaired) electrons. The molecule has 3 heteroatoms. The van der Waals surface area contributed by atoms with Crippen molar-refractivity contribution in [3.63, 3.8) is 0 Å². The topological polar surface area (TPSA) is 12.0 Å². The van der Waals surface area contributed by atoms with Gasteiger partial charge in [0.1, 0.15) is 5.82 Å². The third-order valence-electron chi connectivity index (χ3n) is 3.63. The third-order valence-corrected chi connectivity index (χ3v) is 4.88. The van der Waals surface area contributed by atoms with E-state index in [2.05, 4.69) is 31.3 Å². The molecule has 1 nitrogen and oxygen atoms in total. The van der Waals surface area contributed by atoms with E-state index in [4.69, 9.17) is 0 Å². The minimum absolute atomic E-state index is 0.135. The van der Waals surface area contributed by atoms with Gasteiger partial charge in [-0.2, -0.15) is 0 Å². The molecule has 1 atom stereocenters. The summed E-state index contributed by atoms with van der Waals surface area (Å²) in [7, 11) is 0. The van der Waals surface area contributed by atoms with Crippen LogP contribution in [0.2, 0.25) is 0 Å². The van der Waals surface area contributed by atoms with E-state index in [-0.39, 0.29) is 5.82 Å². The molecule has 0 saturated heterocycles. The molecule has 1 aromatic carbocycles. The minimum atomic E-state index is -0.135. The summed E-state index contributed by atoms with van der Waals surface area (Å²) in [6, 6.07) is 10.2. The Morgan fingerprint density at radius 3 is 2.62 bits per heavy atom. The van der Waals surface area contributed by atoms with E-state index in [1.807, 2.05) is 30.4 Å². The van der Waals surface area contributed by atoms with Crippen LogP contribution in [-0.4, -0.2) is 6.54 Å². The molecular formula is C18H24FNS. The lowest BCUT2D eigenvalue weighted by atomic mass is 10.1. The Kier molecular flexibility index (Phi) is 5.95. The van der Waals surface area contributed by atoms with Crippen molar-refractivity contribution in [2.75, 3.05) is 6.54 Å². The molecule has 0 aliphatic rings. The Morgan fingerprint density at radius 1 is 1.14 bits per heavy atom. The highest BCUT2D eigenvalue weighted by Gasteiger charge is 2.13. The first-order valence-electron chi connectivity index (χ1n) is 7.75. The maximum Gasteiger partial charge on any atom is 0.126 e. The zero-order valence-corrected chi connectivity index (χ0v) is 13.9. The Hall–Kier alpha value is -1.19. The van der Waals surface area contributed by atoms with Crippen LogP contribution in [0, 0.1) is 12.7 Å². The zero-order valence-electron chi connectivity index (χ0n) is 13.1. The van der Waals surface area contributed by atoms with Gasteiger partial charge in [-0.25, -0.2) is 4.39 Å². The van der Waals surface area contributed by atoms with Crippen molar-refractivity contribution in [1.82, 2.24) is 5.32 Å². The second-order valence-corrected chi connectivity index (χ2v) is 6.58. The summed E-state index contributed by atoms with van der Waals surface area (Å²) in [5.74, 6) is -0.135. The fourth-order valence-corrected chi connectivity index (χ4v) is 3.56. The number of hydrogen-bond acceptors (Lipinski definition) is 2. The Labute approximate surface area is 131 Å². The molecule has 2 aromatic rings. The molecule has 0 spiro atoms. The summed E-state index contributed by atoms with van der Waals surface area (Å²) < 4.78 is 13.4. The Morgan fingerprint density at radius 2 is 1.95 bits per heavy atom. The maximum atomic E-state index is 13.4. The number of thiophene rings is 1. The van der Waals surface area contributed by atoms with Crippen molar-refractivity contribution in [3.8, 4) is 10.4 Å². The molecule has 21 heavy (non-hydrogen) atoms. The lowest BCUT2D eigenvalue weighted by molar-refractivity contribution is 0.501. The van der Waals surface area contributed by atoms with Crippen LogP contribution >= 0.6 is 11.3 Å². The molecule has 1 aromatic heterocycles. The molecule has 0 saturated carbocycles. The summed E-state index contributed by atoms with van der Waals surface area (Å²) in [6.07, 6.45) is 3.47. The lowest BCUT2D eigenvalue weighted by Crippen LogP contribution is -2.21. The second kappa shape index (κ2) is 7.71. The van der Waals surface area contributed by atoms with Crippen molar-refractivity contribution in [1.29, 1.82) is 0 Å². The number of halogens is 1. The van der Waals surface area contributed by atoms with Crippen LogP contribution in [0.25, 0.3) is 10.4 Å². The molecule has 0 aliphatic carbocycles. The first kappa shape index (κ1) is 16.2. The quantitative estimate of drug-likeness (QED) is 0.691. The van der Waals surface area contributed by atoms with Gasteiger partial charge in [-0.1, -0.05) is 26.3 Å². The van der Waals surface area contributed by atoms with Gasteiger partial charge in [0.2, 0.25) is 0 Å². The van der Waals surface area contributed by atoms with Crippen molar-refractivity contribution >= 4 is 11.3 Å². The average molecular weight is 305 g/mol. The number of benzene rings is 1. The predicted octanol–water partition coefficient (Wildman–Crippen LogP) is 5.70. The predicted molar refractivity (Wildman–Crippen MR) is 90.4 cm³/mol. The van der Waals surface area contributed by atoms with Crippen LogP contribution < -0.4 is 5.32 Å². The molecule has 0 bridgehead atoms. The maximum absolute atomic E-state index is 13.4. The normalized spacial score (nSPS) is 12.6. The highest BCUT2D eigenvalue weighted by molar-refractivity contribution is 7.15. The van der Waals surface area contributed by atoms with E-state index >= 15 is 0 Å². The van der Waals surface area contributed by atoms with Crippen molar-refractivity contribution in [2.45, 2.75) is 46.1 Å². The van der Waals surface area contributed by atoms with E-state index < -0.39 is 0 Å². The second-order valence-electron chi connectivity index (χ2n) is 5.46. The highest BCUT2D eigenvalue weighted by Crippen LogP contribution is 2.33. The summed E-state index contributed by atoms with van der Waals surface area (Å²) in [4.78, 5) is 2.59. The summed E-state index contributed by atoms with van der Waals surface area (Å²) in [6.45, 7) is 7.28. The van der Waals surface area contributed by atoms with E-state index in [1.54, 1.807) is 6.07 Å². The van der Waals surface area contributed by atoms with E-state index in [1.165, 1.54) is 16.2 Å². The minimum Gasteiger partial charge on any atom is -0.309 e. The standard InChI is InChI=1S/C18H24FNS/c1-4-6-16(20-11-5-2)18-10-9-17(21-18)14-7-8-15(19)13(3)12-14/h7-10,12,16,20H,4-6,11H2,1-3H3. The van der Waals surface area contributed by atoms with E-state index in [0.717, 1.165) is 24.9 Å². The molecule has 0 fully saturated rings. The van der Waals surface area contributed by atoms with E-state index in [9.17, 15) is 4.39 Å². The van der Waals surface area contributed by atoms with Crippen LogP contribution in [0.4, 0.5) is 4.39 Å². The molecular weight excluding hydrogens is 281 g/mol. The average Bonchev–Trinajstić information content (AvgIpc) is 2.96. The molecule has 114 valence electrons. The van der Waals surface area contributed by atoms with Crippen LogP contribution in [0.3, 0.4) is 0 Å². The Bertz CT molecular complexity index is 576. The lowest BCUT2D eigenvalue weighted by Gasteiger charge is -2.16. The van der Waals surface area contributed by atoms with Crippen molar-refractivity contribution in [2.24, 2.45) is 0 Å². The highest BCUT2D eigenvalue weighted by atomic mass is 32.1. The van der Waals surface area contributed by atoms with Crippen LogP contribution in [0.1, 0.15) is 49.6 Å². The molecule has 1 unspecified atom stereocenters. The van der Waals surface area contributed by atoms with Gasteiger partial charge in [0.05, 0.1) is 0 Å². The fourth-order valence-electron chi connectivity index (χ4n) is 2.45. The van der Waals surface area contributed by atoms with Gasteiger partial charge in [-0.05, 0) is 61.7 Å². The molecule has 0 amide bonds. The zero-order chi connectivity index (χ0) is 15.2. The number of aryl methyl sites for hydroxylation is 1. The first-order chi connectivity index (χ1) is 10.2. The molecule has 2 rings (SSSR count). The summed E-state index contributed by atoms with van der Waals surface area (Å²) >= 11 is 1.81. The van der Waals surface area contributed by atoms with Gasteiger partial charge >= 0.3 is 0 Å². The van der Waals surface area contributed by atoms with Crippen LogP contribution in [-0.2, 0) is 0 Å². The van der Waals surface area contributed by atoms with Gasteiger partial charge < -0.3 is 5.32 Å². The number of rotatable bonds is 7. The smallest absolute Gasteiger partial charge is 0.126 e. The van der Waals surface area contributed by atoms with Crippen LogP contribution in [0.15, 0.2) is 30.3 Å². The molecule has 1 heterocycles. The van der Waals surface area contributed by atoms with Crippen LogP contribution in [0.5, 0.6) is 0 Å². The monoisotopic (exact) mass is 305 g/mol. The molecule has 1 N–H and O–H groups in total. The summed E-state index contributed by atoms with van der Waals surface area (Å²) in [5, 5.41) is 3.62. The third kappa shape index (κ3) is 4.14. The van der Waals surface area contributed by atoms with Crippen molar-refractivity contribution < 1.29 is 4.39 Å². The van der Waals surface area contributed by atoms with Crippen molar-refractivity contribution in [3.05, 3.63) is 46.6 Å². The SMILES string of the molecule is CCCNC(CCC)c1ccc(-c2ccc(F)c(C)c2)s1. The summed E-state index contributed by atoms with van der Waals surface area (Å²) in [5.41, 5.74) is 1.81.